The Kier molecular flexibility index (Phi) is 6.02. The summed E-state index contributed by atoms with van der Waals surface area (Å²) in [5.41, 5.74) is 2.19. The van der Waals surface area contributed by atoms with Crippen LogP contribution in [-0.4, -0.2) is 30.4 Å². The zero-order valence-electron chi connectivity index (χ0n) is 12.6. The molecule has 1 N–H and O–H groups in total. The highest BCUT2D eigenvalue weighted by Gasteiger charge is 2.19. The van der Waals surface area contributed by atoms with Gasteiger partial charge in [0.1, 0.15) is 17.4 Å². The summed E-state index contributed by atoms with van der Waals surface area (Å²) in [4.78, 5) is 11.4. The third kappa shape index (κ3) is 4.24. The van der Waals surface area contributed by atoms with Gasteiger partial charge in [0.15, 0.2) is 0 Å². The van der Waals surface area contributed by atoms with Crippen molar-refractivity contribution in [3.63, 3.8) is 0 Å². The van der Waals surface area contributed by atoms with Crippen molar-refractivity contribution >= 4 is 18.4 Å². The molecule has 0 atom stereocenters. The van der Waals surface area contributed by atoms with Crippen molar-refractivity contribution in [2.24, 2.45) is 0 Å². The second kappa shape index (κ2) is 7.99. The lowest BCUT2D eigenvalue weighted by molar-refractivity contribution is 0.0249. The van der Waals surface area contributed by atoms with E-state index in [2.05, 4.69) is 0 Å². The van der Waals surface area contributed by atoms with Gasteiger partial charge in [-0.1, -0.05) is 36.4 Å². The fourth-order valence-electron chi connectivity index (χ4n) is 2.58. The minimum absolute atomic E-state index is 0. The van der Waals surface area contributed by atoms with E-state index >= 15 is 0 Å². The van der Waals surface area contributed by atoms with Gasteiger partial charge >= 0.3 is 5.97 Å². The predicted molar refractivity (Wildman–Crippen MR) is 90.6 cm³/mol. The molecule has 0 radical (unpaired) electrons. The minimum Gasteiger partial charge on any atom is -0.489 e. The fourth-order valence-corrected chi connectivity index (χ4v) is 2.58. The Morgan fingerprint density at radius 1 is 1.04 bits per heavy atom. The summed E-state index contributed by atoms with van der Waals surface area (Å²) in [6, 6.07) is 15.1. The van der Waals surface area contributed by atoms with Crippen LogP contribution in [0.3, 0.4) is 0 Å². The van der Waals surface area contributed by atoms with E-state index in [1.54, 1.807) is 6.07 Å². The zero-order valence-corrected chi connectivity index (χ0v) is 13.4. The lowest BCUT2D eigenvalue weighted by Gasteiger charge is -2.24. The second-order valence-corrected chi connectivity index (χ2v) is 5.31. The van der Waals surface area contributed by atoms with Crippen LogP contribution in [0.5, 0.6) is 5.75 Å². The molecular weight excluding hydrogens is 316 g/mol. The maximum atomic E-state index is 11.4. The van der Waals surface area contributed by atoms with E-state index in [0.717, 1.165) is 24.0 Å². The van der Waals surface area contributed by atoms with Gasteiger partial charge < -0.3 is 14.6 Å². The summed E-state index contributed by atoms with van der Waals surface area (Å²) in [6.07, 6.45) is 1.58. The quantitative estimate of drug-likeness (QED) is 0.917. The monoisotopic (exact) mass is 334 g/mol. The van der Waals surface area contributed by atoms with Crippen molar-refractivity contribution in [1.82, 2.24) is 0 Å². The van der Waals surface area contributed by atoms with Gasteiger partial charge in [-0.25, -0.2) is 4.79 Å². The van der Waals surface area contributed by atoms with Crippen molar-refractivity contribution in [3.05, 3.63) is 54.1 Å². The molecule has 0 aromatic heterocycles. The highest BCUT2D eigenvalue weighted by molar-refractivity contribution is 5.92. The lowest BCUT2D eigenvalue weighted by Crippen LogP contribution is -2.26. The van der Waals surface area contributed by atoms with E-state index in [0.29, 0.717) is 19.0 Å². The molecule has 0 saturated carbocycles. The summed E-state index contributed by atoms with van der Waals surface area (Å²) in [7, 11) is 0. The lowest BCUT2D eigenvalue weighted by atomic mass is 10.0. The van der Waals surface area contributed by atoms with Crippen LogP contribution in [0.15, 0.2) is 48.5 Å². The number of benzene rings is 2. The van der Waals surface area contributed by atoms with Crippen molar-refractivity contribution in [1.29, 1.82) is 0 Å². The number of carboxylic acids is 1. The van der Waals surface area contributed by atoms with E-state index in [9.17, 15) is 9.90 Å². The summed E-state index contributed by atoms with van der Waals surface area (Å²) < 4.78 is 11.3. The predicted octanol–water partition coefficient (Wildman–Crippen LogP) is 4.03. The maximum absolute atomic E-state index is 11.4. The zero-order chi connectivity index (χ0) is 15.4. The van der Waals surface area contributed by atoms with Gasteiger partial charge in [0.25, 0.3) is 0 Å². The summed E-state index contributed by atoms with van der Waals surface area (Å²) >= 11 is 0. The first kappa shape index (κ1) is 17.3. The molecule has 5 heteroatoms. The molecule has 1 saturated heterocycles. The van der Waals surface area contributed by atoms with Gasteiger partial charge in [0.05, 0.1) is 13.2 Å². The topological polar surface area (TPSA) is 55.8 Å². The number of hydrogen-bond acceptors (Lipinski definition) is 3. The Hall–Kier alpha value is -2.04. The van der Waals surface area contributed by atoms with E-state index in [1.165, 1.54) is 0 Å². The summed E-state index contributed by atoms with van der Waals surface area (Å²) in [5.74, 6) is -0.539. The van der Waals surface area contributed by atoms with Crippen molar-refractivity contribution < 1.29 is 19.4 Å². The summed E-state index contributed by atoms with van der Waals surface area (Å²) in [6.45, 7) is 1.32. The van der Waals surface area contributed by atoms with E-state index < -0.39 is 5.97 Å². The van der Waals surface area contributed by atoms with Gasteiger partial charge in [0.2, 0.25) is 0 Å². The number of ether oxygens (including phenoxy) is 2. The molecule has 0 aliphatic carbocycles. The molecule has 0 bridgehead atoms. The standard InChI is InChI=1S/C18H18O4.ClH/c19-18(20)16-7-6-14(13-4-2-1-3-5-13)12-17(16)22-15-8-10-21-11-9-15;/h1-7,12,15H,8-11H2,(H,19,20);1H. The van der Waals surface area contributed by atoms with Gasteiger partial charge in [-0.3, -0.25) is 0 Å². The van der Waals surface area contributed by atoms with Gasteiger partial charge in [-0.05, 0) is 23.3 Å². The van der Waals surface area contributed by atoms with Gasteiger partial charge in [0, 0.05) is 12.8 Å². The van der Waals surface area contributed by atoms with Crippen LogP contribution in [0, 0.1) is 0 Å². The first-order chi connectivity index (χ1) is 10.7. The second-order valence-electron chi connectivity index (χ2n) is 5.31. The van der Waals surface area contributed by atoms with Crippen LogP contribution < -0.4 is 4.74 Å². The van der Waals surface area contributed by atoms with E-state index in [-0.39, 0.29) is 24.1 Å². The van der Waals surface area contributed by atoms with Crippen LogP contribution >= 0.6 is 12.4 Å². The third-order valence-corrected chi connectivity index (χ3v) is 3.78. The van der Waals surface area contributed by atoms with Crippen LogP contribution in [0.25, 0.3) is 11.1 Å². The molecule has 2 aromatic rings. The number of carbonyl (C=O) groups is 1. The number of aromatic carboxylic acids is 1. The molecule has 0 unspecified atom stereocenters. The Morgan fingerprint density at radius 2 is 1.74 bits per heavy atom. The molecule has 23 heavy (non-hydrogen) atoms. The molecule has 0 spiro atoms. The highest BCUT2D eigenvalue weighted by Crippen LogP contribution is 2.29. The van der Waals surface area contributed by atoms with Crippen molar-refractivity contribution in [2.45, 2.75) is 18.9 Å². The van der Waals surface area contributed by atoms with E-state index in [1.807, 2.05) is 42.5 Å². The molecule has 1 aliphatic rings. The van der Waals surface area contributed by atoms with Gasteiger partial charge in [-0.2, -0.15) is 0 Å². The Morgan fingerprint density at radius 3 is 2.39 bits per heavy atom. The Balaban J connectivity index is 0.00000192. The normalized spacial score (nSPS) is 14.8. The minimum atomic E-state index is -0.971. The molecule has 1 aliphatic heterocycles. The maximum Gasteiger partial charge on any atom is 0.339 e. The average molecular weight is 335 g/mol. The number of halogens is 1. The van der Waals surface area contributed by atoms with E-state index in [4.69, 9.17) is 9.47 Å². The molecule has 3 rings (SSSR count). The molecule has 4 nitrogen and oxygen atoms in total. The van der Waals surface area contributed by atoms with Crippen LogP contribution in [0.2, 0.25) is 0 Å². The van der Waals surface area contributed by atoms with Crippen LogP contribution in [0.4, 0.5) is 0 Å². The largest absolute Gasteiger partial charge is 0.489 e. The third-order valence-electron chi connectivity index (χ3n) is 3.78. The molecular formula is C18H19ClO4. The number of carboxylic acid groups (broad SMARTS) is 1. The average Bonchev–Trinajstić information content (AvgIpc) is 2.56. The molecule has 1 heterocycles. The highest BCUT2D eigenvalue weighted by atomic mass is 35.5. The Bertz CT molecular complexity index is 651. The molecule has 0 amide bonds. The summed E-state index contributed by atoms with van der Waals surface area (Å²) in [5, 5.41) is 9.35. The molecule has 2 aromatic carbocycles. The first-order valence-electron chi connectivity index (χ1n) is 7.41. The van der Waals surface area contributed by atoms with Gasteiger partial charge in [-0.15, -0.1) is 12.4 Å². The SMILES string of the molecule is Cl.O=C(O)c1ccc(-c2ccccc2)cc1OC1CCOCC1. The smallest absolute Gasteiger partial charge is 0.339 e. The molecule has 1 fully saturated rings. The van der Waals surface area contributed by atoms with Crippen LogP contribution in [0.1, 0.15) is 23.2 Å². The number of rotatable bonds is 4. The molecule has 122 valence electrons. The van der Waals surface area contributed by atoms with Crippen molar-refractivity contribution in [3.8, 4) is 16.9 Å². The fraction of sp³-hybridized carbons (Fsp3) is 0.278. The Labute approximate surface area is 141 Å². The number of hydrogen-bond donors (Lipinski definition) is 1. The van der Waals surface area contributed by atoms with Crippen LogP contribution in [-0.2, 0) is 4.74 Å². The van der Waals surface area contributed by atoms with Crippen molar-refractivity contribution in [2.75, 3.05) is 13.2 Å². The first-order valence-corrected chi connectivity index (χ1v) is 7.41.